The molecule has 1 aromatic rings. The fourth-order valence-corrected chi connectivity index (χ4v) is 5.07. The van der Waals surface area contributed by atoms with Crippen molar-refractivity contribution in [3.8, 4) is 0 Å². The van der Waals surface area contributed by atoms with Crippen molar-refractivity contribution in [3.05, 3.63) is 23.8 Å². The maximum absolute atomic E-state index is 12.0. The molecule has 0 atom stereocenters. The molecule has 6 nitrogen and oxygen atoms in total. The molecule has 0 aliphatic carbocycles. The number of nitrogens with zero attached hydrogens (tertiary/aromatic N) is 1. The van der Waals surface area contributed by atoms with Crippen LogP contribution in [0.2, 0.25) is 0 Å². The maximum atomic E-state index is 12.0. The van der Waals surface area contributed by atoms with Gasteiger partial charge in [-0.05, 0) is 42.5 Å². The summed E-state index contributed by atoms with van der Waals surface area (Å²) < 4.78 is 51.5. The van der Waals surface area contributed by atoms with Gasteiger partial charge < -0.3 is 0 Å². The predicted octanol–water partition coefficient (Wildman–Crippen LogP) is 1.80. The van der Waals surface area contributed by atoms with Gasteiger partial charge in [0, 0.05) is 12.2 Å². The first-order valence-electron chi connectivity index (χ1n) is 7.19. The SMILES string of the molecule is CC(C)CS(=O)(=O)Nc1ccc2c(c1)CCCN2S(C)(=O)=O. The largest absolute Gasteiger partial charge is 0.284 e. The van der Waals surface area contributed by atoms with Gasteiger partial charge in [-0.3, -0.25) is 9.03 Å². The molecule has 8 heteroatoms. The molecule has 1 aliphatic heterocycles. The Labute approximate surface area is 132 Å². The Balaban J connectivity index is 2.29. The van der Waals surface area contributed by atoms with Gasteiger partial charge in [0.25, 0.3) is 0 Å². The maximum Gasteiger partial charge on any atom is 0.232 e. The Morgan fingerprint density at radius 3 is 2.50 bits per heavy atom. The molecule has 1 N–H and O–H groups in total. The molecule has 1 heterocycles. The van der Waals surface area contributed by atoms with E-state index >= 15 is 0 Å². The van der Waals surface area contributed by atoms with Gasteiger partial charge in [-0.2, -0.15) is 0 Å². The van der Waals surface area contributed by atoms with Gasteiger partial charge >= 0.3 is 0 Å². The first-order chi connectivity index (χ1) is 10.1. The number of hydrogen-bond donors (Lipinski definition) is 1. The summed E-state index contributed by atoms with van der Waals surface area (Å²) in [5.41, 5.74) is 1.97. The zero-order valence-corrected chi connectivity index (χ0v) is 14.7. The Morgan fingerprint density at radius 1 is 1.23 bits per heavy atom. The quantitative estimate of drug-likeness (QED) is 0.881. The van der Waals surface area contributed by atoms with Gasteiger partial charge in [0.1, 0.15) is 0 Å². The average Bonchev–Trinajstić information content (AvgIpc) is 2.34. The molecule has 0 unspecified atom stereocenters. The molecule has 1 aromatic carbocycles. The molecular weight excluding hydrogens is 324 g/mol. The van der Waals surface area contributed by atoms with Gasteiger partial charge in [-0.25, -0.2) is 16.8 Å². The first-order valence-corrected chi connectivity index (χ1v) is 10.7. The van der Waals surface area contributed by atoms with Crippen LogP contribution in [0.15, 0.2) is 18.2 Å². The summed E-state index contributed by atoms with van der Waals surface area (Å²) in [7, 11) is -6.69. The van der Waals surface area contributed by atoms with Crippen molar-refractivity contribution in [3.63, 3.8) is 0 Å². The van der Waals surface area contributed by atoms with Crippen molar-refractivity contribution in [2.24, 2.45) is 5.92 Å². The summed E-state index contributed by atoms with van der Waals surface area (Å²) in [6, 6.07) is 5.01. The second-order valence-electron chi connectivity index (χ2n) is 6.06. The normalized spacial score (nSPS) is 15.7. The fraction of sp³-hybridized carbons (Fsp3) is 0.571. The molecule has 0 spiro atoms. The summed E-state index contributed by atoms with van der Waals surface area (Å²) >= 11 is 0. The molecule has 0 aromatic heterocycles. The lowest BCUT2D eigenvalue weighted by molar-refractivity contribution is 0.586. The number of fused-ring (bicyclic) bond motifs is 1. The van der Waals surface area contributed by atoms with Crippen molar-refractivity contribution >= 4 is 31.4 Å². The molecule has 0 saturated carbocycles. The van der Waals surface area contributed by atoms with E-state index in [1.54, 1.807) is 18.2 Å². The number of nitrogens with one attached hydrogen (secondary N) is 1. The lowest BCUT2D eigenvalue weighted by Gasteiger charge is -2.29. The van der Waals surface area contributed by atoms with Crippen molar-refractivity contribution in [2.45, 2.75) is 26.7 Å². The zero-order chi connectivity index (χ0) is 16.5. The third-order valence-electron chi connectivity index (χ3n) is 3.38. The molecule has 22 heavy (non-hydrogen) atoms. The lowest BCUT2D eigenvalue weighted by Crippen LogP contribution is -2.34. The molecule has 0 radical (unpaired) electrons. The van der Waals surface area contributed by atoms with Crippen LogP contribution in [0, 0.1) is 5.92 Å². The predicted molar refractivity (Wildman–Crippen MR) is 89.2 cm³/mol. The minimum Gasteiger partial charge on any atom is -0.284 e. The summed E-state index contributed by atoms with van der Waals surface area (Å²) in [5, 5.41) is 0. The Hall–Kier alpha value is -1.28. The van der Waals surface area contributed by atoms with Gasteiger partial charge in [0.2, 0.25) is 20.0 Å². The number of rotatable bonds is 5. The van der Waals surface area contributed by atoms with E-state index in [0.29, 0.717) is 17.9 Å². The van der Waals surface area contributed by atoms with E-state index in [2.05, 4.69) is 4.72 Å². The second kappa shape index (κ2) is 6.08. The molecule has 1 aliphatic rings. The third kappa shape index (κ3) is 4.13. The van der Waals surface area contributed by atoms with Gasteiger partial charge in [-0.1, -0.05) is 13.8 Å². The summed E-state index contributed by atoms with van der Waals surface area (Å²) in [6.07, 6.45) is 2.64. The highest BCUT2D eigenvalue weighted by molar-refractivity contribution is 7.92. The molecule has 124 valence electrons. The summed E-state index contributed by atoms with van der Waals surface area (Å²) in [6.45, 7) is 4.15. The molecule has 0 bridgehead atoms. The van der Waals surface area contributed by atoms with E-state index in [9.17, 15) is 16.8 Å². The van der Waals surface area contributed by atoms with E-state index in [1.807, 2.05) is 13.8 Å². The highest BCUT2D eigenvalue weighted by Crippen LogP contribution is 2.31. The van der Waals surface area contributed by atoms with Crippen LogP contribution in [-0.2, 0) is 26.5 Å². The van der Waals surface area contributed by atoms with Crippen LogP contribution in [0.25, 0.3) is 0 Å². The van der Waals surface area contributed by atoms with Crippen LogP contribution in [-0.4, -0.2) is 35.4 Å². The van der Waals surface area contributed by atoms with Crippen molar-refractivity contribution in [2.75, 3.05) is 27.6 Å². The van der Waals surface area contributed by atoms with Crippen molar-refractivity contribution < 1.29 is 16.8 Å². The average molecular weight is 346 g/mol. The number of benzene rings is 1. The van der Waals surface area contributed by atoms with E-state index in [1.165, 1.54) is 10.6 Å². The van der Waals surface area contributed by atoms with Crippen LogP contribution in [0.1, 0.15) is 25.8 Å². The second-order valence-corrected chi connectivity index (χ2v) is 9.73. The molecule has 0 amide bonds. The van der Waals surface area contributed by atoms with E-state index in [-0.39, 0.29) is 11.7 Å². The van der Waals surface area contributed by atoms with Crippen LogP contribution < -0.4 is 9.03 Å². The number of sulfonamides is 2. The van der Waals surface area contributed by atoms with Gasteiger partial charge in [-0.15, -0.1) is 0 Å². The Morgan fingerprint density at radius 2 is 1.91 bits per heavy atom. The molecule has 0 fully saturated rings. The highest BCUT2D eigenvalue weighted by atomic mass is 32.2. The zero-order valence-electron chi connectivity index (χ0n) is 13.0. The topological polar surface area (TPSA) is 83.6 Å². The summed E-state index contributed by atoms with van der Waals surface area (Å²) in [4.78, 5) is 0. The Kier molecular flexibility index (Phi) is 4.72. The molecule has 0 saturated heterocycles. The molecular formula is C14H22N2O4S2. The van der Waals surface area contributed by atoms with Gasteiger partial charge in [0.05, 0.1) is 17.7 Å². The minimum atomic E-state index is -3.38. The third-order valence-corrected chi connectivity index (χ3v) is 6.21. The highest BCUT2D eigenvalue weighted by Gasteiger charge is 2.24. The fourth-order valence-electron chi connectivity index (χ4n) is 2.63. The number of anilines is 2. The Bertz CT molecular complexity index is 755. The lowest BCUT2D eigenvalue weighted by atomic mass is 10.0. The van der Waals surface area contributed by atoms with Crippen LogP contribution in [0.3, 0.4) is 0 Å². The van der Waals surface area contributed by atoms with E-state index in [4.69, 9.17) is 0 Å². The van der Waals surface area contributed by atoms with E-state index < -0.39 is 20.0 Å². The van der Waals surface area contributed by atoms with Crippen molar-refractivity contribution in [1.82, 2.24) is 0 Å². The number of hydrogen-bond acceptors (Lipinski definition) is 4. The monoisotopic (exact) mass is 346 g/mol. The number of aryl methyl sites for hydroxylation is 1. The van der Waals surface area contributed by atoms with Crippen LogP contribution in [0.5, 0.6) is 0 Å². The molecule has 2 rings (SSSR count). The van der Waals surface area contributed by atoms with Crippen molar-refractivity contribution in [1.29, 1.82) is 0 Å². The van der Waals surface area contributed by atoms with Crippen LogP contribution >= 0.6 is 0 Å². The summed E-state index contributed by atoms with van der Waals surface area (Å²) in [5.74, 6) is 0.0929. The standard InChI is InChI=1S/C14H22N2O4S2/c1-11(2)10-22(19,20)15-13-6-7-14-12(9-13)5-4-8-16(14)21(3,17)18/h6-7,9,11,15H,4-5,8,10H2,1-3H3. The van der Waals surface area contributed by atoms with E-state index in [0.717, 1.165) is 18.4 Å². The minimum absolute atomic E-state index is 0.0378. The smallest absolute Gasteiger partial charge is 0.232 e. The first kappa shape index (κ1) is 17.1. The van der Waals surface area contributed by atoms with Gasteiger partial charge in [0.15, 0.2) is 0 Å². The van der Waals surface area contributed by atoms with Crippen LogP contribution in [0.4, 0.5) is 11.4 Å².